The highest BCUT2D eigenvalue weighted by molar-refractivity contribution is 7.26. The van der Waals surface area contributed by atoms with Crippen molar-refractivity contribution in [3.8, 4) is 33.4 Å². The molecule has 258 valence electrons. The molecule has 0 unspecified atom stereocenters. The molecule has 11 rings (SSSR count). The van der Waals surface area contributed by atoms with E-state index in [-0.39, 0.29) is 0 Å². The number of hydrogen-bond acceptors (Lipinski definition) is 3. The van der Waals surface area contributed by atoms with Crippen molar-refractivity contribution in [1.29, 1.82) is 0 Å². The van der Waals surface area contributed by atoms with Crippen molar-refractivity contribution in [2.45, 2.75) is 0 Å². The second kappa shape index (κ2) is 12.9. The van der Waals surface area contributed by atoms with Crippen LogP contribution in [0.4, 0.5) is 17.1 Å². The van der Waals surface area contributed by atoms with Gasteiger partial charge in [-0.25, -0.2) is 0 Å². The van der Waals surface area contributed by atoms with E-state index < -0.39 is 0 Å². The standard InChI is InChI=1S/C52H33NOS/c1-2-9-34(10-3-1)35-17-24-41(25-18-35)53(43-28-21-37(22-29-43)44-14-8-15-46-45-13-6-7-16-51(45)55-52(44)46)42-26-19-36(20-27-42)40-23-30-49-47(32-40)48-31-38-11-4-5-12-39(38)33-50(48)54-49/h1-33H. The van der Waals surface area contributed by atoms with E-state index in [1.54, 1.807) is 0 Å². The van der Waals surface area contributed by atoms with Crippen LogP contribution < -0.4 is 4.90 Å². The van der Waals surface area contributed by atoms with Crippen LogP contribution >= 0.6 is 11.3 Å². The lowest BCUT2D eigenvalue weighted by Crippen LogP contribution is -2.09. The average molecular weight is 720 g/mol. The lowest BCUT2D eigenvalue weighted by atomic mass is 10.0. The molecule has 0 fully saturated rings. The highest BCUT2D eigenvalue weighted by Gasteiger charge is 2.16. The van der Waals surface area contributed by atoms with Crippen LogP contribution in [0.3, 0.4) is 0 Å². The molecule has 0 saturated heterocycles. The van der Waals surface area contributed by atoms with Crippen LogP contribution in [0, 0.1) is 0 Å². The van der Waals surface area contributed by atoms with Crippen molar-refractivity contribution in [1.82, 2.24) is 0 Å². The molecule has 9 aromatic carbocycles. The van der Waals surface area contributed by atoms with Crippen LogP contribution in [0.15, 0.2) is 205 Å². The monoisotopic (exact) mass is 719 g/mol. The predicted molar refractivity (Wildman–Crippen MR) is 235 cm³/mol. The molecule has 0 N–H and O–H groups in total. The molecular formula is C52H33NOS. The summed E-state index contributed by atoms with van der Waals surface area (Å²) in [6.45, 7) is 0. The number of furan rings is 1. The third-order valence-corrected chi connectivity index (χ3v) is 12.1. The van der Waals surface area contributed by atoms with Gasteiger partial charge in [0, 0.05) is 48.0 Å². The second-order valence-electron chi connectivity index (χ2n) is 14.1. The molecule has 0 spiro atoms. The fourth-order valence-electron chi connectivity index (χ4n) is 8.09. The Balaban J connectivity index is 0.978. The predicted octanol–water partition coefficient (Wildman–Crippen LogP) is 15.6. The molecule has 3 heteroatoms. The third kappa shape index (κ3) is 5.48. The van der Waals surface area contributed by atoms with Gasteiger partial charge in [0.05, 0.1) is 0 Å². The van der Waals surface area contributed by atoms with Crippen molar-refractivity contribution < 1.29 is 4.42 Å². The molecule has 0 atom stereocenters. The molecule has 0 amide bonds. The largest absolute Gasteiger partial charge is 0.456 e. The SMILES string of the molecule is c1ccc(-c2ccc(N(c3ccc(-c4ccc5oc6cc7ccccc7cc6c5c4)cc3)c3ccc(-c4cccc5c4sc4ccccc45)cc3)cc2)cc1. The van der Waals surface area contributed by atoms with Crippen LogP contribution in [0.25, 0.3) is 86.3 Å². The number of benzene rings is 9. The van der Waals surface area contributed by atoms with E-state index in [0.717, 1.165) is 50.1 Å². The first-order valence-electron chi connectivity index (χ1n) is 18.7. The van der Waals surface area contributed by atoms with E-state index in [1.807, 2.05) is 11.3 Å². The zero-order valence-corrected chi connectivity index (χ0v) is 30.6. The van der Waals surface area contributed by atoms with Crippen LogP contribution in [-0.4, -0.2) is 0 Å². The van der Waals surface area contributed by atoms with Gasteiger partial charge in [0.25, 0.3) is 0 Å². The van der Waals surface area contributed by atoms with Crippen LogP contribution in [0.2, 0.25) is 0 Å². The molecule has 0 aliphatic heterocycles. The number of fused-ring (bicyclic) bond motifs is 7. The van der Waals surface area contributed by atoms with Crippen molar-refractivity contribution >= 4 is 81.3 Å². The molecule has 2 heterocycles. The first-order chi connectivity index (χ1) is 27.2. The average Bonchev–Trinajstić information content (AvgIpc) is 3.81. The third-order valence-electron chi connectivity index (χ3n) is 10.9. The summed E-state index contributed by atoms with van der Waals surface area (Å²) in [4.78, 5) is 2.35. The van der Waals surface area contributed by atoms with Crippen molar-refractivity contribution in [2.24, 2.45) is 0 Å². The maximum atomic E-state index is 6.30. The van der Waals surface area contributed by atoms with Crippen LogP contribution in [0.1, 0.15) is 0 Å². The van der Waals surface area contributed by atoms with Crippen LogP contribution in [0.5, 0.6) is 0 Å². The summed E-state index contributed by atoms with van der Waals surface area (Å²) in [6.07, 6.45) is 0. The van der Waals surface area contributed by atoms with Crippen molar-refractivity contribution in [2.75, 3.05) is 4.90 Å². The molecule has 11 aromatic rings. The number of thiophene rings is 1. The maximum absolute atomic E-state index is 6.30. The first kappa shape index (κ1) is 31.6. The minimum absolute atomic E-state index is 0.905. The minimum Gasteiger partial charge on any atom is -0.456 e. The van der Waals surface area contributed by atoms with E-state index >= 15 is 0 Å². The minimum atomic E-state index is 0.905. The lowest BCUT2D eigenvalue weighted by molar-refractivity contribution is 0.669. The maximum Gasteiger partial charge on any atom is 0.136 e. The Morgan fingerprint density at radius 3 is 1.62 bits per heavy atom. The summed E-state index contributed by atoms with van der Waals surface area (Å²) in [5, 5.41) is 7.32. The Hall–Kier alpha value is -6.94. The molecule has 0 saturated carbocycles. The van der Waals surface area contributed by atoms with Gasteiger partial charge in [-0.2, -0.15) is 0 Å². The van der Waals surface area contributed by atoms with Gasteiger partial charge < -0.3 is 9.32 Å². The summed E-state index contributed by atoms with van der Waals surface area (Å²) in [5.74, 6) is 0. The number of nitrogens with zero attached hydrogens (tertiary/aromatic N) is 1. The number of hydrogen-bond donors (Lipinski definition) is 0. The van der Waals surface area contributed by atoms with Gasteiger partial charge in [-0.15, -0.1) is 11.3 Å². The molecular weight excluding hydrogens is 687 g/mol. The molecule has 0 aliphatic rings. The van der Waals surface area contributed by atoms with Crippen LogP contribution in [-0.2, 0) is 0 Å². The van der Waals surface area contributed by atoms with Crippen molar-refractivity contribution in [3.05, 3.63) is 200 Å². The van der Waals surface area contributed by atoms with E-state index in [1.165, 1.54) is 53.2 Å². The van der Waals surface area contributed by atoms with Gasteiger partial charge in [-0.1, -0.05) is 133 Å². The lowest BCUT2D eigenvalue weighted by Gasteiger charge is -2.26. The molecule has 2 aromatic heterocycles. The summed E-state index contributed by atoms with van der Waals surface area (Å²) in [6, 6.07) is 72.2. The topological polar surface area (TPSA) is 16.4 Å². The smallest absolute Gasteiger partial charge is 0.136 e. The number of rotatable bonds is 6. The zero-order valence-electron chi connectivity index (χ0n) is 29.8. The van der Waals surface area contributed by atoms with E-state index in [0.29, 0.717) is 0 Å². The first-order valence-corrected chi connectivity index (χ1v) is 19.5. The quantitative estimate of drug-likeness (QED) is 0.170. The molecule has 0 radical (unpaired) electrons. The fourth-order valence-corrected chi connectivity index (χ4v) is 9.33. The summed E-state index contributed by atoms with van der Waals surface area (Å²) in [5.41, 5.74) is 12.3. The van der Waals surface area contributed by atoms with Gasteiger partial charge in [0.15, 0.2) is 0 Å². The summed E-state index contributed by atoms with van der Waals surface area (Å²) >= 11 is 1.87. The van der Waals surface area contributed by atoms with E-state index in [9.17, 15) is 0 Å². The highest BCUT2D eigenvalue weighted by atomic mass is 32.1. The van der Waals surface area contributed by atoms with Gasteiger partial charge in [0.2, 0.25) is 0 Å². The normalized spacial score (nSPS) is 11.6. The van der Waals surface area contributed by atoms with Gasteiger partial charge in [0.1, 0.15) is 11.2 Å². The summed E-state index contributed by atoms with van der Waals surface area (Å²) < 4.78 is 8.95. The Kier molecular flexibility index (Phi) is 7.39. The Bertz CT molecular complexity index is 3170. The second-order valence-corrected chi connectivity index (χ2v) is 15.2. The van der Waals surface area contributed by atoms with Gasteiger partial charge >= 0.3 is 0 Å². The Morgan fingerprint density at radius 2 is 0.891 bits per heavy atom. The van der Waals surface area contributed by atoms with Gasteiger partial charge in [-0.05, 0) is 111 Å². The zero-order chi connectivity index (χ0) is 36.3. The Labute approximate surface area is 322 Å². The molecule has 55 heavy (non-hydrogen) atoms. The molecule has 0 aliphatic carbocycles. The van der Waals surface area contributed by atoms with Gasteiger partial charge in [-0.3, -0.25) is 0 Å². The number of anilines is 3. The Morgan fingerprint density at radius 1 is 0.345 bits per heavy atom. The highest BCUT2D eigenvalue weighted by Crippen LogP contribution is 2.42. The summed E-state index contributed by atoms with van der Waals surface area (Å²) in [7, 11) is 0. The fraction of sp³-hybridized carbons (Fsp3) is 0. The van der Waals surface area contributed by atoms with E-state index in [4.69, 9.17) is 4.42 Å². The molecule has 0 bridgehead atoms. The van der Waals surface area contributed by atoms with Crippen molar-refractivity contribution in [3.63, 3.8) is 0 Å². The molecule has 2 nitrogen and oxygen atoms in total. The van der Waals surface area contributed by atoms with E-state index in [2.05, 4.69) is 205 Å².